The number of rotatable bonds is 5. The van der Waals surface area contributed by atoms with Crippen LogP contribution in [0.1, 0.15) is 0 Å². The topological polar surface area (TPSA) is 103 Å². The molecule has 0 radical (unpaired) electrons. The molecule has 1 aromatic heterocycles. The number of nitrogens with zero attached hydrogens (tertiary/aromatic N) is 4. The monoisotopic (exact) mass is 461 g/mol. The van der Waals surface area contributed by atoms with Crippen molar-refractivity contribution >= 4 is 34.5 Å². The van der Waals surface area contributed by atoms with Gasteiger partial charge in [0.05, 0.1) is 7.05 Å². The van der Waals surface area contributed by atoms with Gasteiger partial charge in [-0.3, -0.25) is 19.1 Å². The summed E-state index contributed by atoms with van der Waals surface area (Å²) >= 11 is 0. The fraction of sp³-hybridized carbons (Fsp3) is 0.0833. The first-order chi connectivity index (χ1) is 15.9. The van der Waals surface area contributed by atoms with Crippen molar-refractivity contribution in [2.45, 2.75) is 0 Å². The van der Waals surface area contributed by atoms with Crippen LogP contribution in [-0.2, 0) is 14.1 Å². The van der Waals surface area contributed by atoms with Gasteiger partial charge in [0, 0.05) is 30.0 Å². The average molecular weight is 461 g/mol. The molecule has 0 fully saturated rings. The van der Waals surface area contributed by atoms with Crippen LogP contribution in [0.4, 0.5) is 11.5 Å². The largest absolute Gasteiger partial charge is 0.733 e. The molecule has 0 unspecified atom stereocenters. The van der Waals surface area contributed by atoms with E-state index >= 15 is 0 Å². The van der Waals surface area contributed by atoms with Gasteiger partial charge in [-0.05, 0) is 0 Å². The zero-order valence-electron chi connectivity index (χ0n) is 18.1. The lowest BCUT2D eigenvalue weighted by atomic mass is 10.4. The number of hydrogen-bond donors (Lipinski definition) is 1. The summed E-state index contributed by atoms with van der Waals surface area (Å²) in [5.74, 6) is -0.189. The molecule has 0 atom stereocenters. The molecule has 3 aromatic carbocycles. The molecular formula is C24H22N4O4P-. The van der Waals surface area contributed by atoms with Crippen LogP contribution in [0.5, 0.6) is 0 Å². The van der Waals surface area contributed by atoms with Crippen LogP contribution < -0.4 is 32.4 Å². The molecule has 0 bridgehead atoms. The molecule has 4 rings (SSSR count). The molecule has 0 aliphatic heterocycles. The van der Waals surface area contributed by atoms with Gasteiger partial charge < -0.3 is 10.4 Å². The third-order valence-corrected chi connectivity index (χ3v) is 9.06. The second kappa shape index (κ2) is 9.03. The Bertz CT molecular complexity index is 1340. The van der Waals surface area contributed by atoms with Crippen molar-refractivity contribution in [2.24, 2.45) is 18.8 Å². The molecule has 0 spiro atoms. The van der Waals surface area contributed by atoms with E-state index in [0.29, 0.717) is 0 Å². The van der Waals surface area contributed by atoms with E-state index in [2.05, 4.69) is 0 Å². The standard InChI is InChI=1S/C24H22N4O4P/c1-26-22(21(28(31)32)23(29)27(2)24(26)30)25-33(18-12-6-3-7-13-18,19-14-8-4-9-15-19)20-16-10-5-11-17-20/h3-17,31H,1-2H3/q-1. The molecule has 4 aromatic rings. The van der Waals surface area contributed by atoms with Crippen LogP contribution >= 0.6 is 7.05 Å². The maximum atomic E-state index is 12.8. The van der Waals surface area contributed by atoms with E-state index in [1.165, 1.54) is 14.1 Å². The molecule has 0 saturated heterocycles. The van der Waals surface area contributed by atoms with Gasteiger partial charge >= 0.3 is 5.69 Å². The first-order valence-corrected chi connectivity index (χ1v) is 11.9. The van der Waals surface area contributed by atoms with E-state index in [0.717, 1.165) is 25.0 Å². The van der Waals surface area contributed by atoms with E-state index in [-0.39, 0.29) is 5.82 Å². The summed E-state index contributed by atoms with van der Waals surface area (Å²) in [6.07, 6.45) is 0. The molecule has 0 amide bonds. The summed E-state index contributed by atoms with van der Waals surface area (Å²) in [5, 5.41) is 24.0. The van der Waals surface area contributed by atoms with E-state index in [4.69, 9.17) is 4.74 Å². The summed E-state index contributed by atoms with van der Waals surface area (Å²) in [7, 11) is -0.218. The van der Waals surface area contributed by atoms with Crippen molar-refractivity contribution in [1.29, 1.82) is 0 Å². The predicted molar refractivity (Wildman–Crippen MR) is 132 cm³/mol. The Morgan fingerprint density at radius 3 is 1.52 bits per heavy atom. The van der Waals surface area contributed by atoms with E-state index < -0.39 is 29.2 Å². The Morgan fingerprint density at radius 1 is 0.758 bits per heavy atom. The summed E-state index contributed by atoms with van der Waals surface area (Å²) in [6, 6.07) is 28.6. The smallest absolute Gasteiger partial charge is 0.332 e. The molecular weight excluding hydrogens is 439 g/mol. The normalized spacial score (nSPS) is 11.3. The SMILES string of the molecule is Cn1c(N=P(c2ccccc2)(c2ccccc2)c2ccccc2)c(N([O-])O)c(=O)n(C)c1=O. The number of aromatic nitrogens is 2. The zero-order chi connectivity index (χ0) is 23.6. The molecule has 33 heavy (non-hydrogen) atoms. The number of benzene rings is 3. The minimum absolute atomic E-state index is 0.189. The lowest BCUT2D eigenvalue weighted by Crippen LogP contribution is -2.39. The summed E-state index contributed by atoms with van der Waals surface area (Å²) in [6.45, 7) is 0. The highest BCUT2D eigenvalue weighted by Crippen LogP contribution is 2.49. The Balaban J connectivity index is 2.29. The van der Waals surface area contributed by atoms with Crippen molar-refractivity contribution in [3.8, 4) is 0 Å². The highest BCUT2D eigenvalue weighted by atomic mass is 31.2. The first-order valence-electron chi connectivity index (χ1n) is 10.1. The number of anilines is 1. The maximum absolute atomic E-state index is 12.8. The van der Waals surface area contributed by atoms with Crippen LogP contribution in [0.3, 0.4) is 0 Å². The van der Waals surface area contributed by atoms with Crippen LogP contribution in [0.2, 0.25) is 0 Å². The van der Waals surface area contributed by atoms with Crippen LogP contribution in [0.25, 0.3) is 0 Å². The highest BCUT2D eigenvalue weighted by Gasteiger charge is 2.29. The quantitative estimate of drug-likeness (QED) is 0.364. The molecule has 0 aliphatic carbocycles. The van der Waals surface area contributed by atoms with E-state index in [1.54, 1.807) is 0 Å². The Hall–Kier alpha value is -3.71. The first kappa shape index (κ1) is 22.5. The Morgan fingerprint density at radius 2 is 1.15 bits per heavy atom. The van der Waals surface area contributed by atoms with Gasteiger partial charge in [0.2, 0.25) is 0 Å². The fourth-order valence-electron chi connectivity index (χ4n) is 3.79. The lowest BCUT2D eigenvalue weighted by molar-refractivity contribution is 0.294. The fourth-order valence-corrected chi connectivity index (χ4v) is 7.36. The van der Waals surface area contributed by atoms with Crippen molar-refractivity contribution in [3.05, 3.63) is 117 Å². The van der Waals surface area contributed by atoms with Crippen molar-refractivity contribution in [3.63, 3.8) is 0 Å². The van der Waals surface area contributed by atoms with Gasteiger partial charge in [-0.1, -0.05) is 91.0 Å². The van der Waals surface area contributed by atoms with Gasteiger partial charge in [-0.25, -0.2) is 9.54 Å². The summed E-state index contributed by atoms with van der Waals surface area (Å²) in [4.78, 5) is 25.6. The Kier molecular flexibility index (Phi) is 6.16. The molecule has 0 aliphatic rings. The zero-order valence-corrected chi connectivity index (χ0v) is 19.0. The summed E-state index contributed by atoms with van der Waals surface area (Å²) in [5.41, 5.74) is -2.20. The second-order valence-corrected chi connectivity index (χ2v) is 10.4. The van der Waals surface area contributed by atoms with Gasteiger partial charge in [-0.2, -0.15) is 0 Å². The van der Waals surface area contributed by atoms with Gasteiger partial charge in [0.1, 0.15) is 0 Å². The minimum Gasteiger partial charge on any atom is -0.733 e. The average Bonchev–Trinajstić information content (AvgIpc) is 2.85. The highest BCUT2D eigenvalue weighted by molar-refractivity contribution is 7.87. The third-order valence-electron chi connectivity index (χ3n) is 5.44. The molecule has 9 heteroatoms. The van der Waals surface area contributed by atoms with Crippen LogP contribution in [0.15, 0.2) is 105 Å². The molecule has 168 valence electrons. The second-order valence-electron chi connectivity index (χ2n) is 7.39. The lowest BCUT2D eigenvalue weighted by Gasteiger charge is -2.29. The van der Waals surface area contributed by atoms with E-state index in [9.17, 15) is 20.0 Å². The molecule has 8 nitrogen and oxygen atoms in total. The molecule has 1 N–H and O–H groups in total. The van der Waals surface area contributed by atoms with Gasteiger partial charge in [0.15, 0.2) is 11.5 Å². The Labute approximate surface area is 190 Å². The molecule has 1 heterocycles. The van der Waals surface area contributed by atoms with Gasteiger partial charge in [0.25, 0.3) is 5.56 Å². The molecule has 0 saturated carbocycles. The summed E-state index contributed by atoms with van der Waals surface area (Å²) < 4.78 is 6.92. The number of hydrogen-bond acceptors (Lipinski definition) is 6. The predicted octanol–water partition coefficient (Wildman–Crippen LogP) is 2.59. The van der Waals surface area contributed by atoms with Crippen molar-refractivity contribution in [1.82, 2.24) is 9.13 Å². The van der Waals surface area contributed by atoms with E-state index in [1.807, 2.05) is 91.0 Å². The minimum atomic E-state index is -2.88. The van der Waals surface area contributed by atoms with Crippen LogP contribution in [0, 0.1) is 5.21 Å². The maximum Gasteiger partial charge on any atom is 0.332 e. The third kappa shape index (κ3) is 3.85. The van der Waals surface area contributed by atoms with Gasteiger partial charge in [-0.15, -0.1) is 0 Å². The van der Waals surface area contributed by atoms with Crippen molar-refractivity contribution < 1.29 is 5.21 Å². The van der Waals surface area contributed by atoms with Crippen molar-refractivity contribution in [2.75, 3.05) is 5.23 Å². The van der Waals surface area contributed by atoms with Crippen LogP contribution in [-0.4, -0.2) is 14.3 Å².